The molecule has 1 fully saturated rings. The number of nitro benzene ring substituents is 1. The Morgan fingerprint density at radius 2 is 1.93 bits per heavy atom. The molecule has 1 aliphatic heterocycles. The van der Waals surface area contributed by atoms with Crippen LogP contribution in [0.3, 0.4) is 0 Å². The summed E-state index contributed by atoms with van der Waals surface area (Å²) in [4.78, 5) is 10.8. The molecular formula is C20H23ClN2O4. The van der Waals surface area contributed by atoms with Crippen molar-refractivity contribution in [2.45, 2.75) is 24.8 Å². The number of hydrogen-bond acceptors (Lipinski definition) is 5. The van der Waals surface area contributed by atoms with Gasteiger partial charge in [-0.3, -0.25) is 10.1 Å². The predicted octanol–water partition coefficient (Wildman–Crippen LogP) is 4.09. The SMILES string of the molecule is COc1ccc(CNCC2(c3ccc(Cl)cc3)CCOCC2)cc1[N+](=O)[O-]. The van der Waals surface area contributed by atoms with Crippen LogP contribution in [0.5, 0.6) is 5.75 Å². The van der Waals surface area contributed by atoms with Gasteiger partial charge in [-0.05, 0) is 42.2 Å². The highest BCUT2D eigenvalue weighted by atomic mass is 35.5. The van der Waals surface area contributed by atoms with E-state index in [2.05, 4.69) is 17.4 Å². The molecule has 6 nitrogen and oxygen atoms in total. The summed E-state index contributed by atoms with van der Waals surface area (Å²) in [7, 11) is 1.43. The topological polar surface area (TPSA) is 73.6 Å². The average Bonchev–Trinajstić information content (AvgIpc) is 2.69. The maximum Gasteiger partial charge on any atom is 0.311 e. The van der Waals surface area contributed by atoms with Crippen molar-refractivity contribution in [1.29, 1.82) is 0 Å². The first-order valence-corrected chi connectivity index (χ1v) is 9.28. The van der Waals surface area contributed by atoms with Crippen LogP contribution in [0.15, 0.2) is 42.5 Å². The number of methoxy groups -OCH3 is 1. The van der Waals surface area contributed by atoms with Crippen LogP contribution in [-0.2, 0) is 16.7 Å². The molecule has 0 radical (unpaired) electrons. The van der Waals surface area contributed by atoms with Crippen LogP contribution in [0.1, 0.15) is 24.0 Å². The molecule has 0 amide bonds. The summed E-state index contributed by atoms with van der Waals surface area (Å²) >= 11 is 6.04. The van der Waals surface area contributed by atoms with Gasteiger partial charge in [0.1, 0.15) is 0 Å². The molecule has 7 heteroatoms. The molecule has 0 aromatic heterocycles. The first-order valence-electron chi connectivity index (χ1n) is 8.90. The van der Waals surface area contributed by atoms with Gasteiger partial charge in [-0.2, -0.15) is 0 Å². The summed E-state index contributed by atoms with van der Waals surface area (Å²) in [6, 6.07) is 13.0. The number of rotatable bonds is 7. The summed E-state index contributed by atoms with van der Waals surface area (Å²) in [5, 5.41) is 15.4. The third kappa shape index (κ3) is 4.58. The quantitative estimate of drug-likeness (QED) is 0.569. The van der Waals surface area contributed by atoms with Crippen molar-refractivity contribution in [3.05, 3.63) is 68.7 Å². The van der Waals surface area contributed by atoms with Crippen molar-refractivity contribution in [2.75, 3.05) is 26.9 Å². The van der Waals surface area contributed by atoms with Crippen LogP contribution >= 0.6 is 11.6 Å². The molecule has 0 saturated carbocycles. The molecule has 1 heterocycles. The Morgan fingerprint density at radius 1 is 1.22 bits per heavy atom. The van der Waals surface area contributed by atoms with E-state index in [9.17, 15) is 10.1 Å². The number of halogens is 1. The number of nitrogens with one attached hydrogen (secondary N) is 1. The Morgan fingerprint density at radius 3 is 2.56 bits per heavy atom. The second-order valence-corrected chi connectivity index (χ2v) is 7.20. The molecule has 0 unspecified atom stereocenters. The standard InChI is InChI=1S/C20H23ClN2O4/c1-26-19-7-2-15(12-18(19)23(24)25)13-22-14-20(8-10-27-11-9-20)16-3-5-17(21)6-4-16/h2-7,12,22H,8-11,13-14H2,1H3. The van der Waals surface area contributed by atoms with E-state index in [0.717, 1.165) is 43.2 Å². The molecule has 2 aromatic rings. The second kappa shape index (κ2) is 8.69. The van der Waals surface area contributed by atoms with Crippen LogP contribution in [-0.4, -0.2) is 31.8 Å². The molecule has 1 N–H and O–H groups in total. The second-order valence-electron chi connectivity index (χ2n) is 6.77. The Labute approximate surface area is 163 Å². The van der Waals surface area contributed by atoms with Crippen molar-refractivity contribution in [3.63, 3.8) is 0 Å². The first kappa shape index (κ1) is 19.6. The lowest BCUT2D eigenvalue weighted by Gasteiger charge is -2.38. The van der Waals surface area contributed by atoms with E-state index >= 15 is 0 Å². The van der Waals surface area contributed by atoms with Crippen molar-refractivity contribution < 1.29 is 14.4 Å². The molecular weight excluding hydrogens is 368 g/mol. The van der Waals surface area contributed by atoms with Crippen molar-refractivity contribution in [2.24, 2.45) is 0 Å². The molecule has 27 heavy (non-hydrogen) atoms. The van der Waals surface area contributed by atoms with Crippen molar-refractivity contribution >= 4 is 17.3 Å². The van der Waals surface area contributed by atoms with Crippen LogP contribution in [0.2, 0.25) is 5.02 Å². The third-order valence-electron chi connectivity index (χ3n) is 5.14. The lowest BCUT2D eigenvalue weighted by atomic mass is 9.74. The fraction of sp³-hybridized carbons (Fsp3) is 0.400. The summed E-state index contributed by atoms with van der Waals surface area (Å²) in [6.45, 7) is 2.75. The van der Waals surface area contributed by atoms with Gasteiger partial charge in [-0.1, -0.05) is 29.8 Å². The third-order valence-corrected chi connectivity index (χ3v) is 5.39. The molecule has 2 aromatic carbocycles. The van der Waals surface area contributed by atoms with Crippen LogP contribution in [0.25, 0.3) is 0 Å². The smallest absolute Gasteiger partial charge is 0.311 e. The maximum atomic E-state index is 11.2. The van der Waals surface area contributed by atoms with Gasteiger partial charge in [-0.25, -0.2) is 0 Å². The van der Waals surface area contributed by atoms with Crippen molar-refractivity contribution in [1.82, 2.24) is 5.32 Å². The fourth-order valence-electron chi connectivity index (χ4n) is 3.57. The highest BCUT2D eigenvalue weighted by Crippen LogP contribution is 2.35. The summed E-state index contributed by atoms with van der Waals surface area (Å²) in [5.41, 5.74) is 2.04. The molecule has 0 atom stereocenters. The Bertz CT molecular complexity index is 789. The van der Waals surface area contributed by atoms with E-state index in [1.165, 1.54) is 12.7 Å². The van der Waals surface area contributed by atoms with E-state index in [0.29, 0.717) is 6.54 Å². The molecule has 0 bridgehead atoms. The zero-order valence-corrected chi connectivity index (χ0v) is 16.0. The first-order chi connectivity index (χ1) is 13.0. The highest BCUT2D eigenvalue weighted by molar-refractivity contribution is 6.30. The average molecular weight is 391 g/mol. The van der Waals surface area contributed by atoms with Gasteiger partial charge in [0, 0.05) is 42.8 Å². The predicted molar refractivity (Wildman–Crippen MR) is 105 cm³/mol. The van der Waals surface area contributed by atoms with Crippen LogP contribution in [0, 0.1) is 10.1 Å². The normalized spacial score (nSPS) is 16.1. The molecule has 1 aliphatic rings. The minimum Gasteiger partial charge on any atom is -0.490 e. The van der Waals surface area contributed by atoms with Crippen LogP contribution in [0.4, 0.5) is 5.69 Å². The van der Waals surface area contributed by atoms with Gasteiger partial charge in [0.2, 0.25) is 0 Å². The van der Waals surface area contributed by atoms with Gasteiger partial charge in [0.15, 0.2) is 5.75 Å². The van der Waals surface area contributed by atoms with Crippen molar-refractivity contribution in [3.8, 4) is 5.75 Å². The summed E-state index contributed by atoms with van der Waals surface area (Å²) in [5.74, 6) is 0.269. The number of nitro groups is 1. The Hall–Kier alpha value is -2.15. The Kier molecular flexibility index (Phi) is 6.31. The number of ether oxygens (including phenoxy) is 2. The molecule has 3 rings (SSSR count). The minimum atomic E-state index is -0.421. The highest BCUT2D eigenvalue weighted by Gasteiger charge is 2.34. The number of benzene rings is 2. The number of nitrogens with zero attached hydrogens (tertiary/aromatic N) is 1. The van der Waals surface area contributed by atoms with E-state index in [1.807, 2.05) is 18.2 Å². The van der Waals surface area contributed by atoms with Crippen LogP contribution < -0.4 is 10.1 Å². The zero-order chi connectivity index (χ0) is 19.3. The molecule has 0 spiro atoms. The van der Waals surface area contributed by atoms with E-state index in [4.69, 9.17) is 21.1 Å². The van der Waals surface area contributed by atoms with Gasteiger partial charge >= 0.3 is 5.69 Å². The molecule has 0 aliphatic carbocycles. The van der Waals surface area contributed by atoms with Gasteiger partial charge in [0.05, 0.1) is 12.0 Å². The monoisotopic (exact) mass is 390 g/mol. The van der Waals surface area contributed by atoms with Gasteiger partial charge < -0.3 is 14.8 Å². The maximum absolute atomic E-state index is 11.2. The number of hydrogen-bond donors (Lipinski definition) is 1. The van der Waals surface area contributed by atoms with E-state index in [1.54, 1.807) is 12.1 Å². The summed E-state index contributed by atoms with van der Waals surface area (Å²) in [6.07, 6.45) is 1.84. The molecule has 1 saturated heterocycles. The van der Waals surface area contributed by atoms with Gasteiger partial charge in [0.25, 0.3) is 0 Å². The minimum absolute atomic E-state index is 0.0183. The lowest BCUT2D eigenvalue weighted by Crippen LogP contribution is -2.42. The summed E-state index contributed by atoms with van der Waals surface area (Å²) < 4.78 is 10.6. The fourth-order valence-corrected chi connectivity index (χ4v) is 3.69. The zero-order valence-electron chi connectivity index (χ0n) is 15.2. The largest absolute Gasteiger partial charge is 0.490 e. The Balaban J connectivity index is 1.72. The van der Waals surface area contributed by atoms with E-state index < -0.39 is 4.92 Å². The molecule has 144 valence electrons. The van der Waals surface area contributed by atoms with E-state index in [-0.39, 0.29) is 16.9 Å². The van der Waals surface area contributed by atoms with Gasteiger partial charge in [-0.15, -0.1) is 0 Å². The lowest BCUT2D eigenvalue weighted by molar-refractivity contribution is -0.385.